The van der Waals surface area contributed by atoms with E-state index < -0.39 is 6.29 Å². The van der Waals surface area contributed by atoms with Crippen molar-refractivity contribution >= 4 is 0 Å². The van der Waals surface area contributed by atoms with Crippen LogP contribution in [0.4, 0.5) is 0 Å². The monoisotopic (exact) mass is 179 g/mol. The summed E-state index contributed by atoms with van der Waals surface area (Å²) in [4.78, 5) is 0. The molecule has 0 unspecified atom stereocenters. The minimum absolute atomic E-state index is 0.0381. The second-order valence-electron chi connectivity index (χ2n) is 2.20. The number of hydrogen-bond donors (Lipinski definition) is 3. The van der Waals surface area contributed by atoms with Crippen molar-refractivity contribution in [3.63, 3.8) is 0 Å². The lowest BCUT2D eigenvalue weighted by Gasteiger charge is -2.16. The van der Waals surface area contributed by atoms with Gasteiger partial charge in [-0.2, -0.15) is 0 Å². The Bertz CT molecular complexity index is 83.5. The molecule has 0 saturated carbocycles. The van der Waals surface area contributed by atoms with Crippen LogP contribution in [-0.4, -0.2) is 49.5 Å². The van der Waals surface area contributed by atoms with Gasteiger partial charge in [0.25, 0.3) is 0 Å². The van der Waals surface area contributed by atoms with Gasteiger partial charge >= 0.3 is 0 Å². The van der Waals surface area contributed by atoms with Gasteiger partial charge in [0.15, 0.2) is 6.29 Å². The minimum atomic E-state index is -0.408. The third kappa shape index (κ3) is 6.51. The normalized spacial score (nSPS) is 11.0. The molecular formula is C7H17NO4. The number of aliphatic hydroxyl groups is 2. The first-order valence-corrected chi connectivity index (χ1v) is 4.00. The molecule has 0 radical (unpaired) electrons. The largest absolute Gasteiger partial charge is 0.394 e. The van der Waals surface area contributed by atoms with Crippen molar-refractivity contribution in [2.24, 2.45) is 5.73 Å². The molecule has 5 heteroatoms. The van der Waals surface area contributed by atoms with E-state index >= 15 is 0 Å². The van der Waals surface area contributed by atoms with Crippen LogP contribution in [-0.2, 0) is 9.47 Å². The maximum absolute atomic E-state index is 8.45. The average Bonchev–Trinajstić information content (AvgIpc) is 2.10. The van der Waals surface area contributed by atoms with Gasteiger partial charge in [0.2, 0.25) is 0 Å². The van der Waals surface area contributed by atoms with Crippen LogP contribution in [0.5, 0.6) is 0 Å². The van der Waals surface area contributed by atoms with Crippen molar-refractivity contribution in [2.75, 3.05) is 33.0 Å². The molecule has 0 aromatic carbocycles. The van der Waals surface area contributed by atoms with Crippen LogP contribution >= 0.6 is 0 Å². The number of rotatable bonds is 8. The molecule has 12 heavy (non-hydrogen) atoms. The van der Waals surface area contributed by atoms with Crippen LogP contribution < -0.4 is 5.73 Å². The molecule has 0 aliphatic carbocycles. The van der Waals surface area contributed by atoms with E-state index in [1.807, 2.05) is 0 Å². The maximum Gasteiger partial charge on any atom is 0.159 e. The van der Waals surface area contributed by atoms with E-state index in [2.05, 4.69) is 0 Å². The molecule has 0 bridgehead atoms. The number of nitrogens with two attached hydrogens (primary N) is 1. The molecule has 74 valence electrons. The smallest absolute Gasteiger partial charge is 0.159 e. The summed E-state index contributed by atoms with van der Waals surface area (Å²) in [7, 11) is 0. The summed E-state index contributed by atoms with van der Waals surface area (Å²) in [5, 5.41) is 16.9. The summed E-state index contributed by atoms with van der Waals surface area (Å²) in [6, 6.07) is 0. The molecule has 0 heterocycles. The standard InChI is InChI=1S/C7H17NO4/c8-2-1-7(11-5-3-9)12-6-4-10/h7,9-10H,1-6,8H2. The van der Waals surface area contributed by atoms with Gasteiger partial charge in [-0.25, -0.2) is 0 Å². The molecule has 0 aliphatic rings. The summed E-state index contributed by atoms with van der Waals surface area (Å²) >= 11 is 0. The second kappa shape index (κ2) is 8.89. The molecule has 0 fully saturated rings. The molecule has 0 aromatic heterocycles. The average molecular weight is 179 g/mol. The van der Waals surface area contributed by atoms with Gasteiger partial charge in [-0.15, -0.1) is 0 Å². The molecule has 0 atom stereocenters. The van der Waals surface area contributed by atoms with Crippen LogP contribution in [0.15, 0.2) is 0 Å². The first-order valence-electron chi connectivity index (χ1n) is 4.00. The molecule has 5 nitrogen and oxygen atoms in total. The molecular weight excluding hydrogens is 162 g/mol. The molecule has 0 aromatic rings. The van der Waals surface area contributed by atoms with Gasteiger partial charge in [-0.1, -0.05) is 0 Å². The van der Waals surface area contributed by atoms with E-state index in [1.165, 1.54) is 0 Å². The van der Waals surface area contributed by atoms with Crippen molar-refractivity contribution in [1.82, 2.24) is 0 Å². The van der Waals surface area contributed by atoms with Crippen molar-refractivity contribution in [3.8, 4) is 0 Å². The Morgan fingerprint density at radius 3 is 1.92 bits per heavy atom. The molecule has 0 amide bonds. The van der Waals surface area contributed by atoms with Crippen molar-refractivity contribution in [3.05, 3.63) is 0 Å². The van der Waals surface area contributed by atoms with Crippen molar-refractivity contribution < 1.29 is 19.7 Å². The molecule has 0 aliphatic heterocycles. The quantitative estimate of drug-likeness (QED) is 0.402. The Hall–Kier alpha value is -0.200. The zero-order valence-corrected chi connectivity index (χ0v) is 7.11. The van der Waals surface area contributed by atoms with Gasteiger partial charge in [0.05, 0.1) is 26.4 Å². The summed E-state index contributed by atoms with van der Waals surface area (Å²) in [5.41, 5.74) is 5.29. The van der Waals surface area contributed by atoms with E-state index in [1.54, 1.807) is 0 Å². The Morgan fingerprint density at radius 2 is 1.58 bits per heavy atom. The third-order valence-corrected chi connectivity index (χ3v) is 1.19. The Kier molecular flexibility index (Phi) is 8.74. The minimum Gasteiger partial charge on any atom is -0.394 e. The Morgan fingerprint density at radius 1 is 1.08 bits per heavy atom. The summed E-state index contributed by atoms with van der Waals surface area (Å²) in [6.45, 7) is 0.848. The van der Waals surface area contributed by atoms with Gasteiger partial charge in [0, 0.05) is 6.42 Å². The highest BCUT2D eigenvalue weighted by molar-refractivity contribution is 4.46. The zero-order chi connectivity index (χ0) is 9.23. The predicted molar refractivity (Wildman–Crippen MR) is 43.5 cm³/mol. The predicted octanol–water partition coefficient (Wildman–Crippen LogP) is -1.32. The highest BCUT2D eigenvalue weighted by Gasteiger charge is 2.06. The number of hydrogen-bond acceptors (Lipinski definition) is 5. The molecule has 0 rings (SSSR count). The van der Waals surface area contributed by atoms with E-state index in [0.29, 0.717) is 13.0 Å². The second-order valence-corrected chi connectivity index (χ2v) is 2.20. The van der Waals surface area contributed by atoms with Crippen LogP contribution in [0, 0.1) is 0 Å². The SMILES string of the molecule is NCCC(OCCO)OCCO. The zero-order valence-electron chi connectivity index (χ0n) is 7.11. The lowest BCUT2D eigenvalue weighted by atomic mass is 10.4. The summed E-state index contributed by atoms with van der Waals surface area (Å²) in [5.74, 6) is 0. The fourth-order valence-corrected chi connectivity index (χ4v) is 0.719. The van der Waals surface area contributed by atoms with Crippen LogP contribution in [0.2, 0.25) is 0 Å². The van der Waals surface area contributed by atoms with Crippen molar-refractivity contribution in [1.29, 1.82) is 0 Å². The highest BCUT2D eigenvalue weighted by atomic mass is 16.7. The molecule has 0 spiro atoms. The summed E-state index contributed by atoms with van der Waals surface area (Å²) in [6.07, 6.45) is 0.161. The highest BCUT2D eigenvalue weighted by Crippen LogP contribution is 1.98. The Labute approximate surface area is 72.1 Å². The van der Waals surface area contributed by atoms with Gasteiger partial charge in [-0.3, -0.25) is 0 Å². The van der Waals surface area contributed by atoms with Crippen LogP contribution in [0.1, 0.15) is 6.42 Å². The van der Waals surface area contributed by atoms with E-state index in [9.17, 15) is 0 Å². The molecule has 4 N–H and O–H groups in total. The first kappa shape index (κ1) is 11.8. The third-order valence-electron chi connectivity index (χ3n) is 1.19. The first-order chi connectivity index (χ1) is 5.85. The van der Waals surface area contributed by atoms with Gasteiger partial charge in [-0.05, 0) is 6.54 Å². The number of aliphatic hydroxyl groups excluding tert-OH is 2. The maximum atomic E-state index is 8.45. The lowest BCUT2D eigenvalue weighted by Crippen LogP contribution is -2.24. The fraction of sp³-hybridized carbons (Fsp3) is 1.00. The lowest BCUT2D eigenvalue weighted by molar-refractivity contribution is -0.154. The van der Waals surface area contributed by atoms with Crippen LogP contribution in [0.25, 0.3) is 0 Å². The van der Waals surface area contributed by atoms with E-state index in [-0.39, 0.29) is 26.4 Å². The van der Waals surface area contributed by atoms with Gasteiger partial charge < -0.3 is 25.4 Å². The van der Waals surface area contributed by atoms with Crippen LogP contribution in [0.3, 0.4) is 0 Å². The molecule has 0 saturated heterocycles. The van der Waals surface area contributed by atoms with E-state index in [4.69, 9.17) is 25.4 Å². The number of ether oxygens (including phenoxy) is 2. The Balaban J connectivity index is 3.40. The topological polar surface area (TPSA) is 84.9 Å². The fourth-order valence-electron chi connectivity index (χ4n) is 0.719. The summed E-state index contributed by atoms with van der Waals surface area (Å²) < 4.78 is 10.1. The van der Waals surface area contributed by atoms with Gasteiger partial charge in [0.1, 0.15) is 0 Å². The van der Waals surface area contributed by atoms with E-state index in [0.717, 1.165) is 0 Å². The van der Waals surface area contributed by atoms with Crippen molar-refractivity contribution in [2.45, 2.75) is 12.7 Å².